The van der Waals surface area contributed by atoms with E-state index in [2.05, 4.69) is 31.9 Å². The van der Waals surface area contributed by atoms with Gasteiger partial charge in [0.15, 0.2) is 0 Å². The number of nitrogens with two attached hydrogens (primary N) is 1. The van der Waals surface area contributed by atoms with Gasteiger partial charge < -0.3 is 72.8 Å². The second kappa shape index (κ2) is 22.2. The summed E-state index contributed by atoms with van der Waals surface area (Å²) in [5.41, 5.74) is 5.33. The molecule has 4 fully saturated rings. The van der Waals surface area contributed by atoms with Gasteiger partial charge in [-0.05, 0) is 64.3 Å². The Morgan fingerprint density at radius 1 is 0.617 bits per heavy atom. The molecule has 0 aliphatic carbocycles. The molecule has 0 aromatic rings. The van der Waals surface area contributed by atoms with Crippen molar-refractivity contribution < 1.29 is 68.4 Å². The molecule has 0 unspecified atom stereocenters. The zero-order valence-electron chi connectivity index (χ0n) is 33.1. The van der Waals surface area contributed by atoms with Crippen LogP contribution in [0.5, 0.6) is 0 Å². The number of rotatable bonds is 20. The van der Waals surface area contributed by atoms with Gasteiger partial charge in [0.1, 0.15) is 42.3 Å². The van der Waals surface area contributed by atoms with Crippen molar-refractivity contribution in [2.75, 3.05) is 52.5 Å². The van der Waals surface area contributed by atoms with Crippen molar-refractivity contribution in [2.24, 2.45) is 5.73 Å². The molecule has 0 aromatic carbocycles. The van der Waals surface area contributed by atoms with E-state index in [1.165, 1.54) is 14.7 Å². The summed E-state index contributed by atoms with van der Waals surface area (Å²) in [4.78, 5) is 133. The number of aliphatic hydroxyl groups is 3. The Balaban J connectivity index is 1.36. The number of carboxylic acid groups (broad SMARTS) is 1. The number of hydrogen-bond acceptors (Lipinski definition) is 14. The van der Waals surface area contributed by atoms with Crippen LogP contribution in [0.1, 0.15) is 64.2 Å². The maximum absolute atomic E-state index is 14.1. The molecule has 60 heavy (non-hydrogen) atoms. The number of hydrogen-bond donors (Lipinski definition) is 11. The van der Waals surface area contributed by atoms with Gasteiger partial charge in [0.2, 0.25) is 53.2 Å². The lowest BCUT2D eigenvalue weighted by Gasteiger charge is -2.35. The molecule has 12 N–H and O–H groups in total. The van der Waals surface area contributed by atoms with Gasteiger partial charge in [0, 0.05) is 26.1 Å². The fourth-order valence-corrected chi connectivity index (χ4v) is 7.84. The van der Waals surface area contributed by atoms with Crippen molar-refractivity contribution in [2.45, 2.75) is 113 Å². The van der Waals surface area contributed by atoms with Crippen LogP contribution in [0, 0.1) is 0 Å². The van der Waals surface area contributed by atoms with Gasteiger partial charge in [-0.15, -0.1) is 0 Å². The van der Waals surface area contributed by atoms with E-state index in [0.29, 0.717) is 32.2 Å². The Kier molecular flexibility index (Phi) is 17.5. The van der Waals surface area contributed by atoms with E-state index in [1.807, 2.05) is 0 Å². The predicted octanol–water partition coefficient (Wildman–Crippen LogP) is -6.91. The topological polar surface area (TPSA) is 360 Å². The smallest absolute Gasteiger partial charge is 0.328 e. The lowest BCUT2D eigenvalue weighted by Crippen LogP contribution is -2.59. The molecular formula is C36H56N10O14. The molecule has 8 atom stereocenters. The Bertz CT molecular complexity index is 1640. The summed E-state index contributed by atoms with van der Waals surface area (Å²) in [6, 6.07) is -9.59. The highest BCUT2D eigenvalue weighted by molar-refractivity contribution is 5.98. The lowest BCUT2D eigenvalue weighted by molar-refractivity contribution is -0.151. The first-order valence-electron chi connectivity index (χ1n) is 20.1. The van der Waals surface area contributed by atoms with E-state index in [1.54, 1.807) is 0 Å². The maximum Gasteiger partial charge on any atom is 0.328 e. The molecule has 334 valence electrons. The number of amides is 9. The number of nitrogens with one attached hydrogen (secondary N) is 6. The fraction of sp³-hybridized carbons (Fsp3) is 0.722. The van der Waals surface area contributed by atoms with Crippen LogP contribution in [0.2, 0.25) is 0 Å². The minimum atomic E-state index is -1.60. The van der Waals surface area contributed by atoms with Crippen molar-refractivity contribution in [3.63, 3.8) is 0 Å². The van der Waals surface area contributed by atoms with Gasteiger partial charge in [-0.1, -0.05) is 0 Å². The van der Waals surface area contributed by atoms with E-state index in [0.717, 1.165) is 6.42 Å². The van der Waals surface area contributed by atoms with Crippen molar-refractivity contribution in [3.8, 4) is 0 Å². The van der Waals surface area contributed by atoms with Crippen LogP contribution >= 0.6 is 0 Å². The van der Waals surface area contributed by atoms with Crippen molar-refractivity contribution >= 4 is 59.1 Å². The molecule has 4 aliphatic heterocycles. The number of nitrogens with zero attached hydrogens (tertiary/aromatic N) is 3. The normalized spacial score (nSPS) is 23.2. The van der Waals surface area contributed by atoms with Gasteiger partial charge in [-0.2, -0.15) is 0 Å². The van der Waals surface area contributed by atoms with Crippen LogP contribution in [0.3, 0.4) is 0 Å². The highest BCUT2D eigenvalue weighted by atomic mass is 16.4. The molecule has 0 spiro atoms. The standard InChI is InChI=1S/C36H56N10O14/c37-27(50)10-9-20(40-28(51)15-39-29(52)21(16-47)41-31(54)22(17-48)42-30(53)19-5-1-11-38-19)33(56)45-13-3-7-25(45)35(58)46-14-4-8-26(46)34(57)44-12-2-6-24(44)32(55)43-23(18-49)36(59)60/h19-26,38,47-49H,1-18H2,(H2,37,50)(H,39,52)(H,40,51)(H,41,54)(H,42,53)(H,43,55)(H,59,60)/t19-,20-,21-,22-,23-,24-,25-,26-/m0/s1. The highest BCUT2D eigenvalue weighted by Crippen LogP contribution is 2.29. The Hall–Kier alpha value is -5.46. The summed E-state index contributed by atoms with van der Waals surface area (Å²) in [7, 11) is 0. The number of carboxylic acids is 1. The summed E-state index contributed by atoms with van der Waals surface area (Å²) in [6.45, 7) is -2.29. The second-order valence-corrected chi connectivity index (χ2v) is 15.1. The van der Waals surface area contributed by atoms with Gasteiger partial charge in [-0.3, -0.25) is 43.2 Å². The van der Waals surface area contributed by atoms with Crippen LogP contribution in [0.4, 0.5) is 0 Å². The quantitative estimate of drug-likeness (QED) is 0.0542. The van der Waals surface area contributed by atoms with E-state index in [-0.39, 0.29) is 51.7 Å². The third-order valence-electron chi connectivity index (χ3n) is 11.0. The highest BCUT2D eigenvalue weighted by Gasteiger charge is 2.46. The Morgan fingerprint density at radius 2 is 1.15 bits per heavy atom. The molecule has 4 rings (SSSR count). The van der Waals surface area contributed by atoms with Crippen molar-refractivity contribution in [1.29, 1.82) is 0 Å². The first-order chi connectivity index (χ1) is 28.6. The molecule has 24 heteroatoms. The van der Waals surface area contributed by atoms with Gasteiger partial charge in [-0.25, -0.2) is 4.79 Å². The molecule has 4 heterocycles. The van der Waals surface area contributed by atoms with E-state index >= 15 is 0 Å². The van der Waals surface area contributed by atoms with E-state index in [4.69, 9.17) is 5.73 Å². The second-order valence-electron chi connectivity index (χ2n) is 15.1. The molecule has 0 bridgehead atoms. The molecule has 0 saturated carbocycles. The summed E-state index contributed by atoms with van der Waals surface area (Å²) < 4.78 is 0. The average Bonchev–Trinajstić information content (AvgIpc) is 4.08. The Labute approximate surface area is 344 Å². The van der Waals surface area contributed by atoms with Gasteiger partial charge in [0.25, 0.3) is 0 Å². The zero-order chi connectivity index (χ0) is 44.1. The number of carbonyl (C=O) groups excluding carboxylic acids is 9. The zero-order valence-corrected chi connectivity index (χ0v) is 33.1. The average molecular weight is 853 g/mol. The minimum absolute atomic E-state index is 0.0929. The maximum atomic E-state index is 14.1. The lowest BCUT2D eigenvalue weighted by atomic mass is 10.1. The molecule has 24 nitrogen and oxygen atoms in total. The van der Waals surface area contributed by atoms with Gasteiger partial charge >= 0.3 is 5.97 Å². The number of aliphatic hydroxyl groups excluding tert-OH is 3. The minimum Gasteiger partial charge on any atom is -0.480 e. The monoisotopic (exact) mass is 852 g/mol. The van der Waals surface area contributed by atoms with Crippen LogP contribution < -0.4 is 37.6 Å². The van der Waals surface area contributed by atoms with Crippen molar-refractivity contribution in [1.82, 2.24) is 46.6 Å². The van der Waals surface area contributed by atoms with Gasteiger partial charge in [0.05, 0.1) is 32.4 Å². The fourth-order valence-electron chi connectivity index (χ4n) is 7.84. The van der Waals surface area contributed by atoms with Crippen molar-refractivity contribution in [3.05, 3.63) is 0 Å². The molecule has 4 saturated heterocycles. The van der Waals surface area contributed by atoms with Crippen LogP contribution in [-0.2, 0) is 47.9 Å². The SMILES string of the molecule is NC(=O)CC[C@H](NC(=O)CNC(=O)[C@H](CO)NC(=O)[C@H](CO)NC(=O)[C@@H]1CCCN1)C(=O)N1CCC[C@H]1C(=O)N1CCC[C@H]1C(=O)N1CCC[C@H]1C(=O)N[C@@H](CO)C(=O)O. The molecule has 0 aromatic heterocycles. The number of carbonyl (C=O) groups is 10. The van der Waals surface area contributed by atoms with Crippen LogP contribution in [0.25, 0.3) is 0 Å². The summed E-state index contributed by atoms with van der Waals surface area (Å²) in [6.07, 6.45) is 2.66. The molecule has 4 aliphatic rings. The third kappa shape index (κ3) is 12.1. The van der Waals surface area contributed by atoms with Crippen LogP contribution in [-0.4, -0.2) is 195 Å². The van der Waals surface area contributed by atoms with Crippen LogP contribution in [0.15, 0.2) is 0 Å². The first kappa shape index (κ1) is 47.2. The number of likely N-dealkylation sites (tertiary alicyclic amines) is 3. The van der Waals surface area contributed by atoms with E-state index < -0.39 is 134 Å². The summed E-state index contributed by atoms with van der Waals surface area (Å²) >= 11 is 0. The summed E-state index contributed by atoms with van der Waals surface area (Å²) in [5.74, 6) is -8.20. The molecule has 9 amide bonds. The third-order valence-corrected chi connectivity index (χ3v) is 11.0. The number of aliphatic carboxylic acids is 1. The molecule has 0 radical (unpaired) electrons. The summed E-state index contributed by atoms with van der Waals surface area (Å²) in [5, 5.41) is 52.5. The molecular weight excluding hydrogens is 796 g/mol. The Morgan fingerprint density at radius 3 is 1.70 bits per heavy atom. The first-order valence-corrected chi connectivity index (χ1v) is 20.1. The predicted molar refractivity (Wildman–Crippen MR) is 203 cm³/mol. The van der Waals surface area contributed by atoms with E-state index in [9.17, 15) is 68.4 Å². The number of primary amides is 1. The largest absolute Gasteiger partial charge is 0.480 e.